The Balaban J connectivity index is 1.44. The van der Waals surface area contributed by atoms with Crippen LogP contribution in [0.25, 0.3) is 39.2 Å². The monoisotopic (exact) mass is 475 g/mol. The zero-order chi connectivity index (χ0) is 24.8. The fourth-order valence-corrected chi connectivity index (χ4v) is 5.14. The molecule has 180 valence electrons. The van der Waals surface area contributed by atoms with Crippen molar-refractivity contribution in [2.45, 2.75) is 26.7 Å². The number of hydrogen-bond acceptors (Lipinski definition) is 5. The number of nitrogens with zero attached hydrogens (tertiary/aromatic N) is 5. The molecule has 1 fully saturated rings. The second-order valence-corrected chi connectivity index (χ2v) is 9.70. The maximum atomic E-state index is 10.7. The van der Waals surface area contributed by atoms with E-state index < -0.39 is 0 Å². The van der Waals surface area contributed by atoms with Crippen molar-refractivity contribution < 1.29 is 5.11 Å². The first-order valence-electron chi connectivity index (χ1n) is 12.4. The smallest absolute Gasteiger partial charge is 0.139 e. The molecule has 2 aromatic carbocycles. The molecule has 6 heteroatoms. The number of aromatic nitrogens is 4. The molecule has 36 heavy (non-hydrogen) atoms. The van der Waals surface area contributed by atoms with E-state index in [-0.39, 0.29) is 5.75 Å². The standard InChI is InChI=1S/C30H29N5O/c1-4-34-16-23(17-34)27-11-12-28(33-32-27)24-10-9-21(14-26(24)25-7-5-6-8-29(25)36)22-13-19(2)30-31-20(3)15-35(30)18-22/h5-15,18,23,36H,4,16-17H2,1-3H3. The number of para-hydroxylation sites is 1. The van der Waals surface area contributed by atoms with Gasteiger partial charge in [-0.1, -0.05) is 37.3 Å². The van der Waals surface area contributed by atoms with Crippen LogP contribution >= 0.6 is 0 Å². The van der Waals surface area contributed by atoms with E-state index in [1.54, 1.807) is 6.07 Å². The van der Waals surface area contributed by atoms with Crippen LogP contribution in [-0.2, 0) is 0 Å². The third kappa shape index (κ3) is 3.93. The van der Waals surface area contributed by atoms with E-state index in [9.17, 15) is 5.11 Å². The minimum atomic E-state index is 0.242. The molecule has 0 bridgehead atoms. The highest BCUT2D eigenvalue weighted by Crippen LogP contribution is 2.39. The van der Waals surface area contributed by atoms with Gasteiger partial charge in [-0.25, -0.2) is 4.98 Å². The zero-order valence-electron chi connectivity index (χ0n) is 20.8. The third-order valence-corrected chi connectivity index (χ3v) is 7.19. The number of pyridine rings is 1. The Bertz CT molecular complexity index is 1560. The molecule has 4 heterocycles. The molecule has 0 aliphatic carbocycles. The lowest BCUT2D eigenvalue weighted by molar-refractivity contribution is 0.154. The van der Waals surface area contributed by atoms with Gasteiger partial charge in [-0.3, -0.25) is 0 Å². The number of phenolic OH excluding ortho intramolecular Hbond substituents is 1. The molecule has 0 radical (unpaired) electrons. The van der Waals surface area contributed by atoms with E-state index in [4.69, 9.17) is 0 Å². The number of aromatic hydroxyl groups is 1. The zero-order valence-corrected chi connectivity index (χ0v) is 20.8. The number of fused-ring (bicyclic) bond motifs is 1. The molecule has 0 unspecified atom stereocenters. The van der Waals surface area contributed by atoms with Crippen LogP contribution in [0.2, 0.25) is 0 Å². The van der Waals surface area contributed by atoms with Crippen molar-refractivity contribution in [2.75, 3.05) is 19.6 Å². The SMILES string of the molecule is CCN1CC(c2ccc(-c3ccc(-c4cc(C)c5nc(C)cn5c4)cc3-c3ccccc3O)nn2)C1. The highest BCUT2D eigenvalue weighted by Gasteiger charge is 2.28. The number of likely N-dealkylation sites (N-methyl/N-ethyl adjacent to an activating group) is 1. The van der Waals surface area contributed by atoms with E-state index in [1.807, 2.05) is 31.3 Å². The lowest BCUT2D eigenvalue weighted by Crippen LogP contribution is -2.44. The first-order valence-corrected chi connectivity index (χ1v) is 12.4. The van der Waals surface area contributed by atoms with Gasteiger partial charge >= 0.3 is 0 Å². The van der Waals surface area contributed by atoms with E-state index in [2.05, 4.69) is 80.9 Å². The Morgan fingerprint density at radius 3 is 2.44 bits per heavy atom. The van der Waals surface area contributed by atoms with Crippen molar-refractivity contribution in [3.8, 4) is 39.3 Å². The Morgan fingerprint density at radius 1 is 0.861 bits per heavy atom. The average Bonchev–Trinajstić information content (AvgIpc) is 3.25. The summed E-state index contributed by atoms with van der Waals surface area (Å²) in [6.07, 6.45) is 4.15. The summed E-state index contributed by atoms with van der Waals surface area (Å²) in [4.78, 5) is 7.03. The Labute approximate surface area is 210 Å². The highest BCUT2D eigenvalue weighted by molar-refractivity contribution is 5.88. The van der Waals surface area contributed by atoms with Crippen molar-refractivity contribution >= 4 is 5.65 Å². The van der Waals surface area contributed by atoms with E-state index in [1.165, 1.54) is 0 Å². The quantitative estimate of drug-likeness (QED) is 0.345. The maximum absolute atomic E-state index is 10.7. The van der Waals surface area contributed by atoms with Crippen molar-refractivity contribution in [3.63, 3.8) is 0 Å². The Hall–Kier alpha value is -4.03. The first kappa shape index (κ1) is 22.4. The van der Waals surface area contributed by atoms with Gasteiger partial charge in [0.2, 0.25) is 0 Å². The van der Waals surface area contributed by atoms with Gasteiger partial charge in [0.1, 0.15) is 11.4 Å². The molecule has 0 saturated carbocycles. The average molecular weight is 476 g/mol. The minimum Gasteiger partial charge on any atom is -0.507 e. The second-order valence-electron chi connectivity index (χ2n) is 9.70. The first-order chi connectivity index (χ1) is 17.5. The van der Waals surface area contributed by atoms with Crippen LogP contribution in [0.3, 0.4) is 0 Å². The summed E-state index contributed by atoms with van der Waals surface area (Å²) >= 11 is 0. The summed E-state index contributed by atoms with van der Waals surface area (Å²) in [6.45, 7) is 9.44. The number of rotatable bonds is 5. The largest absolute Gasteiger partial charge is 0.507 e. The summed E-state index contributed by atoms with van der Waals surface area (Å²) in [5.41, 5.74) is 9.72. The lowest BCUT2D eigenvalue weighted by Gasteiger charge is -2.37. The molecule has 3 aromatic heterocycles. The van der Waals surface area contributed by atoms with Gasteiger partial charge in [0.15, 0.2) is 0 Å². The molecule has 5 aromatic rings. The van der Waals surface area contributed by atoms with E-state index in [0.717, 1.165) is 75.7 Å². The summed E-state index contributed by atoms with van der Waals surface area (Å²) in [7, 11) is 0. The van der Waals surface area contributed by atoms with Crippen LogP contribution in [0.5, 0.6) is 5.75 Å². The number of imidazole rings is 1. The van der Waals surface area contributed by atoms with E-state index in [0.29, 0.717) is 5.92 Å². The van der Waals surface area contributed by atoms with Gasteiger partial charge in [-0.2, -0.15) is 10.2 Å². The van der Waals surface area contributed by atoms with Crippen molar-refractivity contribution in [2.24, 2.45) is 0 Å². The molecule has 0 amide bonds. The van der Waals surface area contributed by atoms with Gasteiger partial charge in [0, 0.05) is 42.5 Å². The second kappa shape index (κ2) is 8.88. The van der Waals surface area contributed by atoms with Crippen LogP contribution in [0.15, 0.2) is 73.1 Å². The highest BCUT2D eigenvalue weighted by atomic mass is 16.3. The van der Waals surface area contributed by atoms with Gasteiger partial charge in [0.05, 0.1) is 17.1 Å². The molecule has 6 nitrogen and oxygen atoms in total. The Morgan fingerprint density at radius 2 is 1.69 bits per heavy atom. The fourth-order valence-electron chi connectivity index (χ4n) is 5.14. The van der Waals surface area contributed by atoms with Crippen molar-refractivity contribution in [3.05, 3.63) is 90.0 Å². The van der Waals surface area contributed by atoms with Crippen LogP contribution in [0.4, 0.5) is 0 Å². The predicted molar refractivity (Wildman–Crippen MR) is 143 cm³/mol. The number of aryl methyl sites for hydroxylation is 2. The van der Waals surface area contributed by atoms with Gasteiger partial charge in [-0.15, -0.1) is 0 Å². The number of benzene rings is 2. The third-order valence-electron chi connectivity index (χ3n) is 7.19. The molecule has 6 rings (SSSR count). The molecular weight excluding hydrogens is 446 g/mol. The molecule has 1 aliphatic heterocycles. The Kier molecular flexibility index (Phi) is 5.53. The fraction of sp³-hybridized carbons (Fsp3) is 0.233. The maximum Gasteiger partial charge on any atom is 0.139 e. The number of hydrogen-bond donors (Lipinski definition) is 1. The van der Waals surface area contributed by atoms with E-state index >= 15 is 0 Å². The number of phenols is 1. The molecular formula is C30H29N5O. The van der Waals surface area contributed by atoms with Crippen LogP contribution in [0.1, 0.15) is 29.8 Å². The minimum absolute atomic E-state index is 0.242. The molecule has 0 atom stereocenters. The van der Waals surface area contributed by atoms with Crippen LogP contribution in [0, 0.1) is 13.8 Å². The van der Waals surface area contributed by atoms with Crippen LogP contribution < -0.4 is 0 Å². The molecule has 1 aliphatic rings. The van der Waals surface area contributed by atoms with Crippen molar-refractivity contribution in [1.29, 1.82) is 0 Å². The number of likely N-dealkylation sites (tertiary alicyclic amines) is 1. The summed E-state index contributed by atoms with van der Waals surface area (Å²) in [5, 5.41) is 19.9. The normalized spacial score (nSPS) is 14.3. The van der Waals surface area contributed by atoms with Gasteiger partial charge < -0.3 is 14.4 Å². The van der Waals surface area contributed by atoms with Gasteiger partial charge in [-0.05, 0) is 73.0 Å². The van der Waals surface area contributed by atoms with Crippen molar-refractivity contribution in [1.82, 2.24) is 24.5 Å². The summed E-state index contributed by atoms with van der Waals surface area (Å²) < 4.78 is 2.08. The van der Waals surface area contributed by atoms with Gasteiger partial charge in [0.25, 0.3) is 0 Å². The lowest BCUT2D eigenvalue weighted by atomic mass is 9.92. The molecule has 0 spiro atoms. The summed E-state index contributed by atoms with van der Waals surface area (Å²) in [6, 6.07) is 20.1. The van der Waals surface area contributed by atoms with Crippen LogP contribution in [-0.4, -0.2) is 49.2 Å². The topological polar surface area (TPSA) is 66.6 Å². The molecule has 1 N–H and O–H groups in total. The predicted octanol–water partition coefficient (Wildman–Crippen LogP) is 5.87. The molecule has 1 saturated heterocycles. The summed E-state index contributed by atoms with van der Waals surface area (Å²) in [5.74, 6) is 0.697.